The number of aliphatic hydroxyl groups is 1. The van der Waals surface area contributed by atoms with E-state index in [1.807, 2.05) is 23.0 Å². The van der Waals surface area contributed by atoms with Gasteiger partial charge in [0.05, 0.1) is 12.3 Å². The van der Waals surface area contributed by atoms with Crippen LogP contribution >= 0.6 is 0 Å². The van der Waals surface area contributed by atoms with Crippen LogP contribution in [0, 0.1) is 0 Å². The second kappa shape index (κ2) is 5.45. The van der Waals surface area contributed by atoms with Crippen LogP contribution in [0.4, 0.5) is 0 Å². The fourth-order valence-electron chi connectivity index (χ4n) is 2.32. The van der Waals surface area contributed by atoms with Gasteiger partial charge < -0.3 is 20.4 Å². The van der Waals surface area contributed by atoms with Crippen molar-refractivity contribution in [3.63, 3.8) is 0 Å². The molecule has 1 aromatic carbocycles. The van der Waals surface area contributed by atoms with Crippen LogP contribution in [0.5, 0.6) is 0 Å². The number of nitrogens with zero attached hydrogens (tertiary/aromatic N) is 1. The number of hydrogen-bond donors (Lipinski definition) is 2. The van der Waals surface area contributed by atoms with Gasteiger partial charge in [0.2, 0.25) is 0 Å². The number of benzene rings is 1. The van der Waals surface area contributed by atoms with E-state index in [4.69, 9.17) is 5.73 Å². The van der Waals surface area contributed by atoms with E-state index < -0.39 is 6.10 Å². The summed E-state index contributed by atoms with van der Waals surface area (Å²) in [6.07, 6.45) is 0.864. The summed E-state index contributed by atoms with van der Waals surface area (Å²) in [4.78, 5) is 12.5. The van der Waals surface area contributed by atoms with E-state index in [0.29, 0.717) is 6.54 Å². The van der Waals surface area contributed by atoms with Gasteiger partial charge in [-0.2, -0.15) is 0 Å². The third-order valence-electron chi connectivity index (χ3n) is 3.26. The van der Waals surface area contributed by atoms with Crippen molar-refractivity contribution < 1.29 is 9.90 Å². The molecule has 1 aliphatic heterocycles. The summed E-state index contributed by atoms with van der Waals surface area (Å²) in [5.41, 5.74) is 7.93. The first kappa shape index (κ1) is 12.3. The molecule has 0 unspecified atom stereocenters. The Kier molecular flexibility index (Phi) is 3.94. The van der Waals surface area contributed by atoms with Crippen LogP contribution in [0.2, 0.25) is 0 Å². The van der Waals surface area contributed by atoms with Gasteiger partial charge >= 0.3 is 0 Å². The van der Waals surface area contributed by atoms with E-state index in [1.54, 1.807) is 0 Å². The highest BCUT2D eigenvalue weighted by Crippen LogP contribution is 2.23. The zero-order valence-electron chi connectivity index (χ0n) is 9.62. The largest absolute Gasteiger partial charge is 0.390 e. The average Bonchev–Trinajstić information content (AvgIpc) is 2.37. The standard InChI is InChI=1S/C12H16BN2O2/c14-6-12(17)11-5-9-3-1-2-4-10(9)7-15(11)13-8-16/h1-4,8,11-12,17H,5-7,14H2/t11-,12+/m1/s1. The molecule has 0 saturated heterocycles. The minimum absolute atomic E-state index is 0.111. The highest BCUT2D eigenvalue weighted by molar-refractivity contribution is 6.64. The predicted molar refractivity (Wildman–Crippen MR) is 67.0 cm³/mol. The Morgan fingerprint density at radius 3 is 2.88 bits per heavy atom. The summed E-state index contributed by atoms with van der Waals surface area (Å²) < 4.78 is 0. The molecule has 0 saturated carbocycles. The molecular weight excluding hydrogens is 215 g/mol. The van der Waals surface area contributed by atoms with Crippen LogP contribution in [0.15, 0.2) is 24.3 Å². The number of hydrogen-bond acceptors (Lipinski definition) is 4. The molecule has 0 amide bonds. The lowest BCUT2D eigenvalue weighted by atomic mass is 9.82. The molecule has 4 nitrogen and oxygen atoms in total. The molecule has 89 valence electrons. The molecule has 5 heteroatoms. The van der Waals surface area contributed by atoms with E-state index in [1.165, 1.54) is 18.5 Å². The molecule has 2 rings (SSSR count). The zero-order chi connectivity index (χ0) is 12.3. The minimum Gasteiger partial charge on any atom is -0.390 e. The van der Waals surface area contributed by atoms with Crippen LogP contribution < -0.4 is 5.73 Å². The fraction of sp³-hybridized carbons (Fsp3) is 0.417. The first-order valence-corrected chi connectivity index (χ1v) is 5.75. The smallest absolute Gasteiger partial charge is 0.293 e. The van der Waals surface area contributed by atoms with Gasteiger partial charge in [-0.15, -0.1) is 0 Å². The lowest BCUT2D eigenvalue weighted by Crippen LogP contribution is -2.51. The zero-order valence-corrected chi connectivity index (χ0v) is 9.62. The van der Waals surface area contributed by atoms with Crippen molar-refractivity contribution in [2.75, 3.05) is 6.54 Å². The van der Waals surface area contributed by atoms with Gasteiger partial charge in [-0.25, -0.2) is 0 Å². The summed E-state index contributed by atoms with van der Waals surface area (Å²) in [6, 6.07) is 7.97. The van der Waals surface area contributed by atoms with E-state index in [0.717, 1.165) is 12.6 Å². The Hall–Kier alpha value is -1.17. The van der Waals surface area contributed by atoms with E-state index in [2.05, 4.69) is 6.07 Å². The molecule has 0 aromatic heterocycles. The Labute approximate surface area is 102 Å². The molecule has 1 heterocycles. The number of carbonyl (C=O) groups excluding carboxylic acids is 1. The molecule has 3 N–H and O–H groups in total. The van der Waals surface area contributed by atoms with Crippen LogP contribution in [0.1, 0.15) is 11.1 Å². The molecule has 0 fully saturated rings. The molecule has 0 aliphatic carbocycles. The predicted octanol–water partition coefficient (Wildman–Crippen LogP) is -0.458. The second-order valence-electron chi connectivity index (χ2n) is 4.30. The summed E-state index contributed by atoms with van der Waals surface area (Å²) in [5, 5.41) is 9.90. The summed E-state index contributed by atoms with van der Waals surface area (Å²) in [5.74, 6) is 0. The molecule has 1 aliphatic rings. The molecule has 17 heavy (non-hydrogen) atoms. The summed E-state index contributed by atoms with van der Waals surface area (Å²) >= 11 is 0. The minimum atomic E-state index is -0.612. The first-order valence-electron chi connectivity index (χ1n) is 5.75. The molecule has 0 spiro atoms. The maximum absolute atomic E-state index is 10.6. The molecule has 1 aromatic rings. The highest BCUT2D eigenvalue weighted by atomic mass is 16.3. The van der Waals surface area contributed by atoms with Crippen LogP contribution in [0.25, 0.3) is 0 Å². The lowest BCUT2D eigenvalue weighted by molar-refractivity contribution is 0.0878. The highest BCUT2D eigenvalue weighted by Gasteiger charge is 2.30. The van der Waals surface area contributed by atoms with Crippen molar-refractivity contribution in [3.8, 4) is 0 Å². The Morgan fingerprint density at radius 1 is 1.53 bits per heavy atom. The number of aliphatic hydroxyl groups excluding tert-OH is 1. The number of carbonyl (C=O) groups is 1. The average molecular weight is 231 g/mol. The van der Waals surface area contributed by atoms with Crippen LogP contribution in [0.3, 0.4) is 0 Å². The third kappa shape index (κ3) is 2.57. The summed E-state index contributed by atoms with van der Waals surface area (Å²) in [7, 11) is 1.49. The second-order valence-corrected chi connectivity index (χ2v) is 4.30. The molecular formula is C12H16BN2O2. The van der Waals surface area contributed by atoms with Crippen molar-refractivity contribution in [1.29, 1.82) is 0 Å². The van der Waals surface area contributed by atoms with Gasteiger partial charge in [-0.3, -0.25) is 0 Å². The molecule has 0 bridgehead atoms. The van der Waals surface area contributed by atoms with Crippen molar-refractivity contribution in [1.82, 2.24) is 4.81 Å². The fourth-order valence-corrected chi connectivity index (χ4v) is 2.32. The van der Waals surface area contributed by atoms with E-state index in [-0.39, 0.29) is 12.6 Å². The van der Waals surface area contributed by atoms with Crippen molar-refractivity contribution in [2.24, 2.45) is 5.73 Å². The van der Waals surface area contributed by atoms with Gasteiger partial charge in [0, 0.05) is 19.1 Å². The monoisotopic (exact) mass is 231 g/mol. The van der Waals surface area contributed by atoms with Crippen LogP contribution in [-0.2, 0) is 17.8 Å². The quantitative estimate of drug-likeness (QED) is 0.543. The van der Waals surface area contributed by atoms with Gasteiger partial charge in [0.25, 0.3) is 7.41 Å². The normalized spacial score (nSPS) is 21.6. The third-order valence-corrected chi connectivity index (χ3v) is 3.26. The van der Waals surface area contributed by atoms with Gasteiger partial charge in [-0.05, 0) is 17.5 Å². The van der Waals surface area contributed by atoms with Crippen LogP contribution in [-0.4, -0.2) is 42.2 Å². The van der Waals surface area contributed by atoms with Gasteiger partial charge in [-0.1, -0.05) is 24.3 Å². The number of fused-ring (bicyclic) bond motifs is 1. The number of rotatable bonds is 4. The van der Waals surface area contributed by atoms with Crippen molar-refractivity contribution in [3.05, 3.63) is 35.4 Å². The van der Waals surface area contributed by atoms with E-state index in [9.17, 15) is 9.90 Å². The van der Waals surface area contributed by atoms with E-state index >= 15 is 0 Å². The SMILES string of the molecule is NC[C@H](O)[C@H]1Cc2ccccc2CN1[B]C=O. The maximum Gasteiger partial charge on any atom is 0.293 e. The lowest BCUT2D eigenvalue weighted by Gasteiger charge is -2.38. The Bertz CT molecular complexity index is 400. The van der Waals surface area contributed by atoms with Crippen molar-refractivity contribution >= 4 is 13.6 Å². The van der Waals surface area contributed by atoms with Gasteiger partial charge in [0.15, 0.2) is 0 Å². The Balaban J connectivity index is 2.24. The number of nitrogens with two attached hydrogens (primary N) is 1. The van der Waals surface area contributed by atoms with Crippen molar-refractivity contribution in [2.45, 2.75) is 25.1 Å². The summed E-state index contributed by atoms with van der Waals surface area (Å²) in [6.45, 7) is 0.854. The molecule has 2 atom stereocenters. The first-order chi connectivity index (χ1) is 8.26. The molecule has 1 radical (unpaired) electrons. The van der Waals surface area contributed by atoms with Gasteiger partial charge in [0.1, 0.15) is 0 Å². The maximum atomic E-state index is 10.6. The Morgan fingerprint density at radius 2 is 2.24 bits per heavy atom. The topological polar surface area (TPSA) is 66.6 Å².